The van der Waals surface area contributed by atoms with Crippen LogP contribution >= 0.6 is 0 Å². The van der Waals surface area contributed by atoms with Gasteiger partial charge in [-0.15, -0.1) is 0 Å². The normalized spacial score (nSPS) is 12.6. The summed E-state index contributed by atoms with van der Waals surface area (Å²) in [4.78, 5) is 16.8. The average Bonchev–Trinajstić information content (AvgIpc) is 2.84. The van der Waals surface area contributed by atoms with E-state index in [0.717, 1.165) is 16.9 Å². The average molecular weight is 479 g/mol. The number of amides is 1. The standard InChI is InChI=1S/C27H30N2O4S/c1-4-33-24-12-7-21(8-13-24)9-16-27(30)29-19-26(23-6-5-17-28-18-23)34(31,32)25-14-10-22(11-15-25)20(2)3/h5-18,20,26H,4,19H2,1-3H3,(H,29,30)/b16-9+. The zero-order valence-electron chi connectivity index (χ0n) is 19.6. The Morgan fingerprint density at radius 2 is 1.74 bits per heavy atom. The van der Waals surface area contributed by atoms with E-state index < -0.39 is 15.1 Å². The van der Waals surface area contributed by atoms with Crippen LogP contribution in [0.1, 0.15) is 48.6 Å². The van der Waals surface area contributed by atoms with Crippen LogP contribution in [0.5, 0.6) is 5.75 Å². The second-order valence-electron chi connectivity index (χ2n) is 8.12. The van der Waals surface area contributed by atoms with Crippen LogP contribution in [0.2, 0.25) is 0 Å². The predicted molar refractivity (Wildman–Crippen MR) is 134 cm³/mol. The Labute approximate surface area is 201 Å². The van der Waals surface area contributed by atoms with E-state index in [1.165, 1.54) is 12.3 Å². The van der Waals surface area contributed by atoms with Crippen LogP contribution in [0.3, 0.4) is 0 Å². The second kappa shape index (κ2) is 11.6. The summed E-state index contributed by atoms with van der Waals surface area (Å²) in [6, 6.07) is 17.7. The molecule has 1 heterocycles. The van der Waals surface area contributed by atoms with E-state index >= 15 is 0 Å². The SMILES string of the molecule is CCOc1ccc(/C=C/C(=O)NCC(c2cccnc2)S(=O)(=O)c2ccc(C(C)C)cc2)cc1. The second-order valence-corrected chi connectivity index (χ2v) is 10.3. The summed E-state index contributed by atoms with van der Waals surface area (Å²) in [6.45, 7) is 6.53. The van der Waals surface area contributed by atoms with Gasteiger partial charge in [-0.3, -0.25) is 9.78 Å². The van der Waals surface area contributed by atoms with E-state index in [4.69, 9.17) is 4.74 Å². The van der Waals surface area contributed by atoms with Gasteiger partial charge in [0.1, 0.15) is 11.0 Å². The molecule has 0 fully saturated rings. The van der Waals surface area contributed by atoms with E-state index in [2.05, 4.69) is 24.1 Å². The van der Waals surface area contributed by atoms with Crippen LogP contribution in [0.25, 0.3) is 6.08 Å². The molecule has 0 aliphatic heterocycles. The quantitative estimate of drug-likeness (QED) is 0.417. The molecule has 178 valence electrons. The first kappa shape index (κ1) is 25.2. The number of sulfone groups is 1. The predicted octanol–water partition coefficient (Wildman–Crippen LogP) is 4.95. The summed E-state index contributed by atoms with van der Waals surface area (Å²) >= 11 is 0. The molecule has 3 rings (SSSR count). The summed E-state index contributed by atoms with van der Waals surface area (Å²) in [5.41, 5.74) is 2.41. The van der Waals surface area contributed by atoms with Crippen LogP contribution in [-0.4, -0.2) is 32.5 Å². The highest BCUT2D eigenvalue weighted by atomic mass is 32.2. The highest BCUT2D eigenvalue weighted by Gasteiger charge is 2.29. The van der Waals surface area contributed by atoms with Crippen molar-refractivity contribution in [1.29, 1.82) is 0 Å². The van der Waals surface area contributed by atoms with Gasteiger partial charge in [-0.05, 0) is 65.9 Å². The number of rotatable bonds is 10. The number of aromatic nitrogens is 1. The van der Waals surface area contributed by atoms with Gasteiger partial charge >= 0.3 is 0 Å². The molecule has 1 N–H and O–H groups in total. The maximum absolute atomic E-state index is 13.5. The molecule has 0 aliphatic rings. The van der Waals surface area contributed by atoms with Crippen LogP contribution in [0, 0.1) is 0 Å². The fourth-order valence-corrected chi connectivity index (χ4v) is 5.09. The number of nitrogens with one attached hydrogen (secondary N) is 1. The van der Waals surface area contributed by atoms with Crippen molar-refractivity contribution in [3.8, 4) is 5.75 Å². The van der Waals surface area contributed by atoms with Crippen molar-refractivity contribution < 1.29 is 17.9 Å². The van der Waals surface area contributed by atoms with E-state index in [9.17, 15) is 13.2 Å². The molecule has 7 heteroatoms. The van der Waals surface area contributed by atoms with Crippen LogP contribution in [0.4, 0.5) is 0 Å². The Morgan fingerprint density at radius 3 is 2.32 bits per heavy atom. The van der Waals surface area contributed by atoms with Crippen molar-refractivity contribution >= 4 is 21.8 Å². The smallest absolute Gasteiger partial charge is 0.244 e. The van der Waals surface area contributed by atoms with Crippen molar-refractivity contribution in [3.05, 3.63) is 95.8 Å². The first-order chi connectivity index (χ1) is 16.3. The molecule has 0 radical (unpaired) electrons. The highest BCUT2D eigenvalue weighted by Crippen LogP contribution is 2.29. The van der Waals surface area contributed by atoms with Crippen LogP contribution in [-0.2, 0) is 14.6 Å². The fourth-order valence-electron chi connectivity index (χ4n) is 3.45. The van der Waals surface area contributed by atoms with Crippen molar-refractivity contribution in [2.45, 2.75) is 36.8 Å². The van der Waals surface area contributed by atoms with Gasteiger partial charge in [0.05, 0.1) is 11.5 Å². The molecule has 34 heavy (non-hydrogen) atoms. The third-order valence-electron chi connectivity index (χ3n) is 5.39. The first-order valence-corrected chi connectivity index (χ1v) is 12.8. The first-order valence-electron chi connectivity index (χ1n) is 11.2. The summed E-state index contributed by atoms with van der Waals surface area (Å²) in [6.07, 6.45) is 6.17. The summed E-state index contributed by atoms with van der Waals surface area (Å²) in [5, 5.41) is 1.77. The lowest BCUT2D eigenvalue weighted by atomic mass is 10.0. The van der Waals surface area contributed by atoms with Gasteiger partial charge in [0, 0.05) is 25.0 Å². The van der Waals surface area contributed by atoms with E-state index in [0.29, 0.717) is 18.1 Å². The third-order valence-corrected chi connectivity index (χ3v) is 7.50. The van der Waals surface area contributed by atoms with Crippen molar-refractivity contribution in [2.24, 2.45) is 0 Å². The Hall–Kier alpha value is -3.45. The van der Waals surface area contributed by atoms with Gasteiger partial charge in [0.15, 0.2) is 9.84 Å². The Balaban J connectivity index is 1.76. The molecule has 0 spiro atoms. The molecule has 3 aromatic rings. The Bertz CT molecular complexity index is 1200. The number of benzene rings is 2. The minimum Gasteiger partial charge on any atom is -0.494 e. The largest absolute Gasteiger partial charge is 0.494 e. The van der Waals surface area contributed by atoms with Gasteiger partial charge in [0.2, 0.25) is 5.91 Å². The molecule has 0 bridgehead atoms. The molecule has 0 saturated heterocycles. The molecule has 2 aromatic carbocycles. The molecule has 1 aromatic heterocycles. The third kappa shape index (κ3) is 6.54. The van der Waals surface area contributed by atoms with Crippen molar-refractivity contribution in [1.82, 2.24) is 10.3 Å². The monoisotopic (exact) mass is 478 g/mol. The van der Waals surface area contributed by atoms with Gasteiger partial charge < -0.3 is 10.1 Å². The zero-order valence-corrected chi connectivity index (χ0v) is 20.5. The zero-order chi connectivity index (χ0) is 24.6. The molecular formula is C27H30N2O4S. The number of carbonyl (C=O) groups is 1. The molecule has 1 unspecified atom stereocenters. The molecule has 1 amide bonds. The lowest BCUT2D eigenvalue weighted by Gasteiger charge is -2.19. The Kier molecular flexibility index (Phi) is 8.60. The molecule has 1 atom stereocenters. The number of nitrogens with zero attached hydrogens (tertiary/aromatic N) is 1. The maximum atomic E-state index is 13.5. The number of ether oxygens (including phenoxy) is 1. The molecule has 0 saturated carbocycles. The number of hydrogen-bond donors (Lipinski definition) is 1. The van der Waals surface area contributed by atoms with Crippen LogP contribution < -0.4 is 10.1 Å². The van der Waals surface area contributed by atoms with Crippen molar-refractivity contribution in [3.63, 3.8) is 0 Å². The van der Waals surface area contributed by atoms with E-state index in [1.807, 2.05) is 43.3 Å². The number of hydrogen-bond acceptors (Lipinski definition) is 5. The van der Waals surface area contributed by atoms with E-state index in [-0.39, 0.29) is 17.3 Å². The minimum atomic E-state index is -3.76. The topological polar surface area (TPSA) is 85.4 Å². The van der Waals surface area contributed by atoms with E-state index in [1.54, 1.807) is 36.5 Å². The van der Waals surface area contributed by atoms with Gasteiger partial charge in [-0.1, -0.05) is 44.2 Å². The molecular weight excluding hydrogens is 448 g/mol. The minimum absolute atomic E-state index is 0.0770. The summed E-state index contributed by atoms with van der Waals surface area (Å²) in [5.74, 6) is 0.676. The van der Waals surface area contributed by atoms with Crippen molar-refractivity contribution in [2.75, 3.05) is 13.2 Å². The van der Waals surface area contributed by atoms with Gasteiger partial charge in [0.25, 0.3) is 0 Å². The summed E-state index contributed by atoms with van der Waals surface area (Å²) < 4.78 is 32.4. The number of pyridine rings is 1. The molecule has 6 nitrogen and oxygen atoms in total. The van der Waals surface area contributed by atoms with Gasteiger partial charge in [-0.25, -0.2) is 8.42 Å². The number of carbonyl (C=O) groups excluding carboxylic acids is 1. The fraction of sp³-hybridized carbons (Fsp3) is 0.259. The Morgan fingerprint density at radius 1 is 1.03 bits per heavy atom. The van der Waals surface area contributed by atoms with Gasteiger partial charge in [-0.2, -0.15) is 0 Å². The molecule has 0 aliphatic carbocycles. The lowest BCUT2D eigenvalue weighted by Crippen LogP contribution is -2.31. The highest BCUT2D eigenvalue weighted by molar-refractivity contribution is 7.91. The summed E-state index contributed by atoms with van der Waals surface area (Å²) in [7, 11) is -3.76. The maximum Gasteiger partial charge on any atom is 0.244 e. The van der Waals surface area contributed by atoms with Crippen LogP contribution in [0.15, 0.2) is 84.0 Å². The lowest BCUT2D eigenvalue weighted by molar-refractivity contribution is -0.116.